The second-order valence-corrected chi connectivity index (χ2v) is 5.11. The van der Waals surface area contributed by atoms with Gasteiger partial charge in [0.2, 0.25) is 0 Å². The maximum absolute atomic E-state index is 10.9. The van der Waals surface area contributed by atoms with Crippen molar-refractivity contribution in [3.63, 3.8) is 0 Å². The molecule has 0 aliphatic rings. The second kappa shape index (κ2) is 10.3. The first-order valence-corrected chi connectivity index (χ1v) is 7.74. The molecule has 0 radical (unpaired) electrons. The van der Waals surface area contributed by atoms with Crippen molar-refractivity contribution >= 4 is 5.69 Å². The number of unbranched alkanes of at least 4 members (excludes halogenated alkanes) is 1. The third-order valence-electron chi connectivity index (χ3n) is 3.34. The Hall–Kier alpha value is -1.46. The van der Waals surface area contributed by atoms with E-state index in [1.54, 1.807) is 12.1 Å². The lowest BCUT2D eigenvalue weighted by Gasteiger charge is -2.18. The topological polar surface area (TPSA) is 64.4 Å². The van der Waals surface area contributed by atoms with E-state index >= 15 is 0 Å². The molecule has 0 saturated carbocycles. The van der Waals surface area contributed by atoms with Crippen molar-refractivity contribution < 1.29 is 9.66 Å². The fraction of sp³-hybridized carbons (Fsp3) is 0.625. The molecule has 1 aromatic carbocycles. The average Bonchev–Trinajstić information content (AvgIpc) is 2.49. The van der Waals surface area contributed by atoms with Gasteiger partial charge < -0.3 is 10.1 Å². The number of nitrogens with zero attached hydrogens (tertiary/aromatic N) is 1. The fourth-order valence-corrected chi connectivity index (χ4v) is 2.18. The zero-order valence-corrected chi connectivity index (χ0v) is 13.0. The Balaban J connectivity index is 2.52. The van der Waals surface area contributed by atoms with Gasteiger partial charge >= 0.3 is 0 Å². The van der Waals surface area contributed by atoms with Crippen LogP contribution in [-0.4, -0.2) is 24.7 Å². The summed E-state index contributed by atoms with van der Waals surface area (Å²) in [5.41, 5.74) is 1.12. The largest absolute Gasteiger partial charge is 0.380 e. The van der Waals surface area contributed by atoms with E-state index in [9.17, 15) is 10.1 Å². The molecule has 0 fully saturated rings. The van der Waals surface area contributed by atoms with Crippen LogP contribution >= 0.6 is 0 Å². The van der Waals surface area contributed by atoms with Crippen LogP contribution in [-0.2, 0) is 4.74 Å². The predicted octanol–water partition coefficient (Wildman–Crippen LogP) is 3.84. The van der Waals surface area contributed by atoms with Crippen molar-refractivity contribution in [2.24, 2.45) is 0 Å². The summed E-state index contributed by atoms with van der Waals surface area (Å²) >= 11 is 0. The highest BCUT2D eigenvalue weighted by atomic mass is 16.6. The molecular weight excluding hydrogens is 268 g/mol. The summed E-state index contributed by atoms with van der Waals surface area (Å²) in [6.45, 7) is 6.49. The first kappa shape index (κ1) is 17.6. The fourth-order valence-electron chi connectivity index (χ4n) is 2.18. The molecule has 1 unspecified atom stereocenters. The van der Waals surface area contributed by atoms with E-state index in [-0.39, 0.29) is 16.7 Å². The van der Waals surface area contributed by atoms with Gasteiger partial charge in [-0.1, -0.05) is 38.8 Å². The summed E-state index contributed by atoms with van der Waals surface area (Å²) in [7, 11) is 0. The van der Waals surface area contributed by atoms with E-state index in [4.69, 9.17) is 4.74 Å². The summed E-state index contributed by atoms with van der Waals surface area (Å²) in [5.74, 6) is 0. The van der Waals surface area contributed by atoms with Crippen LogP contribution in [0.4, 0.5) is 5.69 Å². The zero-order chi connectivity index (χ0) is 15.5. The van der Waals surface area contributed by atoms with Crippen molar-refractivity contribution in [3.05, 3.63) is 39.9 Å². The highest BCUT2D eigenvalue weighted by molar-refractivity contribution is 5.35. The van der Waals surface area contributed by atoms with Gasteiger partial charge in [-0.25, -0.2) is 0 Å². The first-order chi connectivity index (χ1) is 10.2. The van der Waals surface area contributed by atoms with Gasteiger partial charge in [-0.05, 0) is 18.4 Å². The van der Waals surface area contributed by atoms with Crippen molar-refractivity contribution in [2.75, 3.05) is 19.8 Å². The molecule has 1 N–H and O–H groups in total. The monoisotopic (exact) mass is 294 g/mol. The van der Waals surface area contributed by atoms with E-state index in [2.05, 4.69) is 19.2 Å². The maximum atomic E-state index is 10.9. The van der Waals surface area contributed by atoms with Gasteiger partial charge in [0.1, 0.15) is 0 Å². The summed E-state index contributed by atoms with van der Waals surface area (Å²) in [6, 6.07) is 7.02. The standard InChI is InChI=1S/C16H26N2O3/c1-3-5-11-21-12-10-17-16(7-4-2)14-8-6-9-15(13-14)18(19)20/h6,8-9,13,16-17H,3-5,7,10-12H2,1-2H3. The van der Waals surface area contributed by atoms with Crippen LogP contribution in [0, 0.1) is 10.1 Å². The Labute approximate surface area is 126 Å². The summed E-state index contributed by atoms with van der Waals surface area (Å²) < 4.78 is 5.53. The Kier molecular flexibility index (Phi) is 8.62. The number of nitro groups is 1. The van der Waals surface area contributed by atoms with Gasteiger partial charge in [0.15, 0.2) is 0 Å². The van der Waals surface area contributed by atoms with Crippen LogP contribution in [0.5, 0.6) is 0 Å². The van der Waals surface area contributed by atoms with E-state index < -0.39 is 0 Å². The van der Waals surface area contributed by atoms with Crippen LogP contribution in [0.25, 0.3) is 0 Å². The molecule has 0 saturated heterocycles. The smallest absolute Gasteiger partial charge is 0.269 e. The molecule has 0 spiro atoms. The number of non-ortho nitro benzene ring substituents is 1. The van der Waals surface area contributed by atoms with Crippen LogP contribution < -0.4 is 5.32 Å². The van der Waals surface area contributed by atoms with Crippen molar-refractivity contribution in [3.8, 4) is 0 Å². The van der Waals surface area contributed by atoms with Gasteiger partial charge in [-0.2, -0.15) is 0 Å². The van der Waals surface area contributed by atoms with Crippen molar-refractivity contribution in [2.45, 2.75) is 45.6 Å². The lowest BCUT2D eigenvalue weighted by Crippen LogP contribution is -2.25. The van der Waals surface area contributed by atoms with Gasteiger partial charge in [0.05, 0.1) is 11.5 Å². The number of benzene rings is 1. The molecule has 0 aliphatic heterocycles. The number of ether oxygens (including phenoxy) is 1. The average molecular weight is 294 g/mol. The van der Waals surface area contributed by atoms with E-state index in [1.165, 1.54) is 6.07 Å². The number of nitrogens with one attached hydrogen (secondary N) is 1. The number of hydrogen-bond acceptors (Lipinski definition) is 4. The van der Waals surface area contributed by atoms with Gasteiger partial charge in [0.25, 0.3) is 5.69 Å². The molecule has 0 amide bonds. The Morgan fingerprint density at radius 2 is 2.10 bits per heavy atom. The molecule has 0 heterocycles. The molecule has 5 nitrogen and oxygen atoms in total. The van der Waals surface area contributed by atoms with Crippen LogP contribution in [0.1, 0.15) is 51.1 Å². The third kappa shape index (κ3) is 6.69. The van der Waals surface area contributed by atoms with Crippen molar-refractivity contribution in [1.82, 2.24) is 5.32 Å². The molecule has 0 bridgehead atoms. The molecule has 0 aromatic heterocycles. The summed E-state index contributed by atoms with van der Waals surface area (Å²) in [4.78, 5) is 10.5. The Morgan fingerprint density at radius 1 is 1.29 bits per heavy atom. The molecule has 1 rings (SSSR count). The van der Waals surface area contributed by atoms with E-state index in [0.717, 1.165) is 44.4 Å². The first-order valence-electron chi connectivity index (χ1n) is 7.74. The van der Waals surface area contributed by atoms with Crippen LogP contribution in [0.2, 0.25) is 0 Å². The number of rotatable bonds is 11. The molecular formula is C16H26N2O3. The molecule has 0 aliphatic carbocycles. The van der Waals surface area contributed by atoms with E-state index in [0.29, 0.717) is 6.61 Å². The number of hydrogen-bond donors (Lipinski definition) is 1. The SMILES string of the molecule is CCCCOCCNC(CCC)c1cccc([N+](=O)[O-])c1. The Morgan fingerprint density at radius 3 is 2.76 bits per heavy atom. The number of nitro benzene ring substituents is 1. The predicted molar refractivity (Wildman–Crippen MR) is 84.5 cm³/mol. The van der Waals surface area contributed by atoms with Crippen LogP contribution in [0.15, 0.2) is 24.3 Å². The Bertz CT molecular complexity index is 424. The third-order valence-corrected chi connectivity index (χ3v) is 3.34. The summed E-state index contributed by atoms with van der Waals surface area (Å²) in [6.07, 6.45) is 4.20. The summed E-state index contributed by atoms with van der Waals surface area (Å²) in [5, 5.41) is 14.3. The quantitative estimate of drug-likeness (QED) is 0.382. The van der Waals surface area contributed by atoms with E-state index in [1.807, 2.05) is 6.07 Å². The lowest BCUT2D eigenvalue weighted by molar-refractivity contribution is -0.384. The molecule has 1 atom stereocenters. The van der Waals surface area contributed by atoms with Gasteiger partial charge in [-0.3, -0.25) is 10.1 Å². The lowest BCUT2D eigenvalue weighted by atomic mass is 10.0. The van der Waals surface area contributed by atoms with Gasteiger partial charge in [-0.15, -0.1) is 0 Å². The highest BCUT2D eigenvalue weighted by Gasteiger charge is 2.13. The minimum Gasteiger partial charge on any atom is -0.380 e. The zero-order valence-electron chi connectivity index (χ0n) is 13.0. The second-order valence-electron chi connectivity index (χ2n) is 5.11. The van der Waals surface area contributed by atoms with Crippen molar-refractivity contribution in [1.29, 1.82) is 0 Å². The minimum absolute atomic E-state index is 0.143. The molecule has 21 heavy (non-hydrogen) atoms. The molecule has 5 heteroatoms. The maximum Gasteiger partial charge on any atom is 0.269 e. The normalized spacial score (nSPS) is 12.3. The minimum atomic E-state index is -0.347. The molecule has 1 aromatic rings. The highest BCUT2D eigenvalue weighted by Crippen LogP contribution is 2.22. The molecule has 118 valence electrons. The van der Waals surface area contributed by atoms with Crippen LogP contribution in [0.3, 0.4) is 0 Å². The van der Waals surface area contributed by atoms with Gasteiger partial charge in [0, 0.05) is 31.3 Å².